The van der Waals surface area contributed by atoms with E-state index in [1.807, 2.05) is 24.3 Å². The molecule has 24 heavy (non-hydrogen) atoms. The van der Waals surface area contributed by atoms with Gasteiger partial charge < -0.3 is 9.64 Å². The summed E-state index contributed by atoms with van der Waals surface area (Å²) in [6.45, 7) is 2.05. The highest BCUT2D eigenvalue weighted by atomic mass is 32.2. The van der Waals surface area contributed by atoms with Gasteiger partial charge in [0.25, 0.3) is 5.91 Å². The molecule has 1 aliphatic heterocycles. The van der Waals surface area contributed by atoms with E-state index in [-0.39, 0.29) is 17.8 Å². The molecule has 0 spiro atoms. The van der Waals surface area contributed by atoms with E-state index in [1.54, 1.807) is 42.0 Å². The molecule has 2 aromatic rings. The van der Waals surface area contributed by atoms with E-state index < -0.39 is 6.10 Å². The molecule has 1 aliphatic rings. The average molecular weight is 364 g/mol. The van der Waals surface area contributed by atoms with Gasteiger partial charge in [0, 0.05) is 12.8 Å². The first-order chi connectivity index (χ1) is 11.5. The van der Waals surface area contributed by atoms with Crippen molar-refractivity contribution in [1.29, 1.82) is 0 Å². The summed E-state index contributed by atoms with van der Waals surface area (Å²) in [5.41, 5.74) is 0.941. The Morgan fingerprint density at radius 3 is 2.92 bits per heavy atom. The molecule has 0 saturated carbocycles. The molecule has 128 valence electrons. The summed E-state index contributed by atoms with van der Waals surface area (Å²) in [5, 5.41) is 0.873. The molecule has 3 rings (SSSR count). The number of nitrogens with zero attached hydrogens (tertiary/aromatic N) is 2. The van der Waals surface area contributed by atoms with E-state index in [0.29, 0.717) is 6.54 Å². The molecule has 5 nitrogen and oxygen atoms in total. The zero-order valence-corrected chi connectivity index (χ0v) is 15.4. The monoisotopic (exact) mass is 364 g/mol. The number of thiazole rings is 1. The van der Waals surface area contributed by atoms with Crippen molar-refractivity contribution in [3.05, 3.63) is 29.3 Å². The van der Waals surface area contributed by atoms with E-state index in [4.69, 9.17) is 4.74 Å². The lowest BCUT2D eigenvalue weighted by Crippen LogP contribution is -2.38. The molecular formula is C17H20N2O3S2. The highest BCUT2D eigenvalue weighted by Crippen LogP contribution is 2.25. The average Bonchev–Trinajstić information content (AvgIpc) is 3.22. The fraction of sp³-hybridized carbons (Fsp3) is 0.471. The quantitative estimate of drug-likeness (QED) is 0.764. The second-order valence-corrected chi connectivity index (χ2v) is 8.17. The maximum Gasteiger partial charge on any atom is 0.310 e. The van der Waals surface area contributed by atoms with Gasteiger partial charge in [-0.3, -0.25) is 9.59 Å². The number of benzene rings is 1. The number of fused-ring (bicyclic) bond motifs is 1. The van der Waals surface area contributed by atoms with Gasteiger partial charge in [-0.25, -0.2) is 4.98 Å². The van der Waals surface area contributed by atoms with Crippen molar-refractivity contribution in [2.24, 2.45) is 5.92 Å². The summed E-state index contributed by atoms with van der Waals surface area (Å²) in [7, 11) is 1.71. The van der Waals surface area contributed by atoms with Crippen LogP contribution in [0.15, 0.2) is 24.3 Å². The van der Waals surface area contributed by atoms with Crippen LogP contribution in [0.25, 0.3) is 10.2 Å². The third-order valence-corrected chi connectivity index (χ3v) is 6.17. The molecule has 7 heteroatoms. The van der Waals surface area contributed by atoms with Crippen molar-refractivity contribution in [2.45, 2.75) is 26.0 Å². The number of carbonyl (C=O) groups is 2. The Hall–Kier alpha value is -1.60. The van der Waals surface area contributed by atoms with E-state index in [2.05, 4.69) is 4.98 Å². The van der Waals surface area contributed by atoms with Gasteiger partial charge in [0.05, 0.1) is 22.7 Å². The first kappa shape index (κ1) is 17.2. The van der Waals surface area contributed by atoms with Crippen LogP contribution in [0.5, 0.6) is 0 Å². The third-order valence-electron chi connectivity index (χ3n) is 3.99. The molecular weight excluding hydrogens is 344 g/mol. The standard InChI is InChI=1S/C17H20N2O3S2/c1-11(22-17(21)12-7-8-23-10-12)16(20)19(2)9-15-18-13-5-3-4-6-14(13)24-15/h3-6,11-12H,7-10H2,1-2H3/t11-,12-/m0/s1. The van der Waals surface area contributed by atoms with Crippen molar-refractivity contribution < 1.29 is 14.3 Å². The predicted molar refractivity (Wildman–Crippen MR) is 97.1 cm³/mol. The van der Waals surface area contributed by atoms with Crippen LogP contribution in [0.2, 0.25) is 0 Å². The first-order valence-corrected chi connectivity index (χ1v) is 9.89. The number of likely N-dealkylation sites (N-methyl/N-ethyl adjacent to an activating group) is 1. The summed E-state index contributed by atoms with van der Waals surface area (Å²) in [6.07, 6.45) is 0.0776. The van der Waals surface area contributed by atoms with Gasteiger partial charge >= 0.3 is 5.97 Å². The molecule has 1 amide bonds. The second kappa shape index (κ2) is 7.53. The summed E-state index contributed by atoms with van der Waals surface area (Å²) < 4.78 is 6.46. The second-order valence-electron chi connectivity index (χ2n) is 5.91. The summed E-state index contributed by atoms with van der Waals surface area (Å²) >= 11 is 3.33. The largest absolute Gasteiger partial charge is 0.452 e. The molecule has 0 aliphatic carbocycles. The number of para-hydroxylation sites is 1. The molecule has 1 saturated heterocycles. The van der Waals surface area contributed by atoms with Crippen LogP contribution >= 0.6 is 23.1 Å². The normalized spacial score (nSPS) is 18.5. The lowest BCUT2D eigenvalue weighted by atomic mass is 10.1. The zero-order chi connectivity index (χ0) is 17.1. The number of hydrogen-bond donors (Lipinski definition) is 0. The van der Waals surface area contributed by atoms with Crippen LogP contribution < -0.4 is 0 Å². The fourth-order valence-corrected chi connectivity index (χ4v) is 4.85. The lowest BCUT2D eigenvalue weighted by Gasteiger charge is -2.21. The minimum Gasteiger partial charge on any atom is -0.452 e. The van der Waals surface area contributed by atoms with E-state index in [1.165, 1.54) is 0 Å². The molecule has 1 aromatic heterocycles. The SMILES string of the molecule is C[C@H](OC(=O)[C@H]1CCSC1)C(=O)N(C)Cc1nc2ccccc2s1. The molecule has 1 fully saturated rings. The number of esters is 1. The number of carbonyl (C=O) groups excluding carboxylic acids is 2. The maximum atomic E-state index is 12.4. The van der Waals surface area contributed by atoms with E-state index >= 15 is 0 Å². The number of thioether (sulfide) groups is 1. The minimum absolute atomic E-state index is 0.0696. The van der Waals surface area contributed by atoms with Gasteiger partial charge in [-0.15, -0.1) is 11.3 Å². The molecule has 0 N–H and O–H groups in total. The lowest BCUT2D eigenvalue weighted by molar-refractivity contribution is -0.161. The van der Waals surface area contributed by atoms with Crippen LogP contribution in [0.1, 0.15) is 18.4 Å². The number of amides is 1. The Labute approximate surface area is 149 Å². The van der Waals surface area contributed by atoms with Crippen LogP contribution in [0.4, 0.5) is 0 Å². The van der Waals surface area contributed by atoms with Crippen molar-refractivity contribution >= 4 is 45.2 Å². The van der Waals surface area contributed by atoms with Crippen molar-refractivity contribution in [3.63, 3.8) is 0 Å². The summed E-state index contributed by atoms with van der Waals surface area (Å²) in [4.78, 5) is 30.6. The van der Waals surface area contributed by atoms with Gasteiger partial charge in [-0.1, -0.05) is 12.1 Å². The zero-order valence-electron chi connectivity index (χ0n) is 13.7. The van der Waals surface area contributed by atoms with Crippen LogP contribution in [0, 0.1) is 5.92 Å². The third kappa shape index (κ3) is 3.89. The number of ether oxygens (including phenoxy) is 1. The van der Waals surface area contributed by atoms with Gasteiger partial charge in [0.1, 0.15) is 5.01 Å². The molecule has 0 bridgehead atoms. The predicted octanol–water partition coefficient (Wildman–Crippen LogP) is 2.94. The summed E-state index contributed by atoms with van der Waals surface area (Å²) in [5.74, 6) is 1.25. The van der Waals surface area contributed by atoms with E-state index in [0.717, 1.165) is 33.2 Å². The van der Waals surface area contributed by atoms with E-state index in [9.17, 15) is 9.59 Å². The van der Waals surface area contributed by atoms with Crippen molar-refractivity contribution in [3.8, 4) is 0 Å². The molecule has 1 aromatic carbocycles. The molecule has 0 radical (unpaired) electrons. The molecule has 2 heterocycles. The highest BCUT2D eigenvalue weighted by Gasteiger charge is 2.29. The molecule has 0 unspecified atom stereocenters. The Bertz CT molecular complexity index is 707. The smallest absolute Gasteiger partial charge is 0.310 e. The summed E-state index contributed by atoms with van der Waals surface area (Å²) in [6, 6.07) is 7.90. The van der Waals surface area contributed by atoms with Crippen molar-refractivity contribution in [1.82, 2.24) is 9.88 Å². The number of rotatable bonds is 5. The van der Waals surface area contributed by atoms with Gasteiger partial charge in [0.15, 0.2) is 6.10 Å². The number of hydrogen-bond acceptors (Lipinski definition) is 6. The van der Waals surface area contributed by atoms with Gasteiger partial charge in [-0.05, 0) is 31.2 Å². The number of aromatic nitrogens is 1. The van der Waals surface area contributed by atoms with Crippen LogP contribution in [0.3, 0.4) is 0 Å². The van der Waals surface area contributed by atoms with Crippen LogP contribution in [-0.4, -0.2) is 46.4 Å². The minimum atomic E-state index is -0.762. The maximum absolute atomic E-state index is 12.4. The Morgan fingerprint density at radius 2 is 2.21 bits per heavy atom. The molecule has 2 atom stereocenters. The van der Waals surface area contributed by atoms with Gasteiger partial charge in [0.2, 0.25) is 0 Å². The first-order valence-electron chi connectivity index (χ1n) is 7.92. The Kier molecular flexibility index (Phi) is 5.40. The topological polar surface area (TPSA) is 59.5 Å². The van der Waals surface area contributed by atoms with Crippen molar-refractivity contribution in [2.75, 3.05) is 18.6 Å². The fourth-order valence-electron chi connectivity index (χ4n) is 2.62. The van der Waals surface area contributed by atoms with Crippen LogP contribution in [-0.2, 0) is 20.9 Å². The Balaban J connectivity index is 1.57. The van der Waals surface area contributed by atoms with Gasteiger partial charge in [-0.2, -0.15) is 11.8 Å². The Morgan fingerprint density at radius 1 is 1.42 bits per heavy atom. The highest BCUT2D eigenvalue weighted by molar-refractivity contribution is 7.99.